The van der Waals surface area contributed by atoms with Gasteiger partial charge in [0.2, 0.25) is 0 Å². The summed E-state index contributed by atoms with van der Waals surface area (Å²) in [5.74, 6) is 0.228. The standard InChI is InChI=1S/C28H28P2.C13H15NO3S.C5H5.F6P.Ru/c1-23(29(25-15-7-3-8-16-25)26-17-9-4-10-18-26)24(2)30(27-19-11-5-12-20-27)28-21-13-6-14-22-28;1-18(17)9-5-4-8-14-12(15)10-6-2-3-7-11(10)13(14)16;1-2-4-5-3-1;1-7(2,3,4,5)6;/h3-24H,1-2H3;2-3,6-7H,4-5,8-9H2,1H3;1-5H;;/q;;;-1;/p+1/t23-,24-;;;;/m0..../s1. The van der Waals surface area contributed by atoms with Gasteiger partial charge in [-0.1, -0.05) is 172 Å². The van der Waals surface area contributed by atoms with Gasteiger partial charge in [-0.2, -0.15) is 0 Å². The van der Waals surface area contributed by atoms with Crippen LogP contribution in [0.15, 0.2) is 170 Å². The summed E-state index contributed by atoms with van der Waals surface area (Å²) >= 11 is 0. The van der Waals surface area contributed by atoms with Gasteiger partial charge >= 0.3 is 33.0 Å². The summed E-state index contributed by atoms with van der Waals surface area (Å²) in [7, 11) is -12.7. The SMILES string of the molecule is C[C@@H]([C@H](C)P(c1ccccc1)c1ccccc1)P(c1ccccc1)c1ccccc1.C[SH+](=O)CCCCN1C(=O)c2ccccc2C1=O.F[P-](F)(F)(F)(F)F.[CH]1C=CC=C1.[Ru]. The van der Waals surface area contributed by atoms with E-state index >= 15 is 0 Å². The Morgan fingerprint density at radius 1 is 0.525 bits per heavy atom. The molecule has 0 fully saturated rings. The minimum absolute atomic E-state index is 0. The van der Waals surface area contributed by atoms with Gasteiger partial charge < -0.3 is 0 Å². The topological polar surface area (TPSA) is 54.5 Å². The van der Waals surface area contributed by atoms with Crippen LogP contribution in [-0.2, 0) is 34.5 Å². The number of carbonyl (C=O) groups is 2. The van der Waals surface area contributed by atoms with Crippen molar-refractivity contribution in [2.45, 2.75) is 38.0 Å². The number of imide groups is 1. The Labute approximate surface area is 372 Å². The first-order valence-electron chi connectivity index (χ1n) is 19.2. The van der Waals surface area contributed by atoms with Crippen LogP contribution in [0.1, 0.15) is 47.4 Å². The number of hydrogen-bond acceptors (Lipinski definition) is 3. The molecule has 1 aliphatic carbocycles. The van der Waals surface area contributed by atoms with E-state index in [0.29, 0.717) is 41.2 Å². The molecule has 15 heteroatoms. The van der Waals surface area contributed by atoms with Gasteiger partial charge in [0.05, 0.1) is 28.2 Å². The Hall–Kier alpha value is -3.64. The summed E-state index contributed by atoms with van der Waals surface area (Å²) in [6.07, 6.45) is 13.2. The minimum Gasteiger partial charge on any atom is -0.0767 e. The van der Waals surface area contributed by atoms with E-state index in [0.717, 1.165) is 6.42 Å². The third-order valence-corrected chi connectivity index (χ3v) is 16.3. The monoisotopic (exact) mass is 1000 g/mol. The average molecular weight is 1000 g/mol. The van der Waals surface area contributed by atoms with Crippen LogP contribution in [0.25, 0.3) is 0 Å². The second kappa shape index (κ2) is 23.2. The molecule has 61 heavy (non-hydrogen) atoms. The number of allylic oxidation sites excluding steroid dienone is 4. The van der Waals surface area contributed by atoms with E-state index in [2.05, 4.69) is 135 Å². The van der Waals surface area contributed by atoms with Crippen LogP contribution >= 0.6 is 23.7 Å². The maximum absolute atomic E-state index is 12.0. The van der Waals surface area contributed by atoms with Crippen molar-refractivity contribution in [1.82, 2.24) is 4.90 Å². The van der Waals surface area contributed by atoms with Crippen molar-refractivity contribution in [3.63, 3.8) is 0 Å². The third-order valence-electron chi connectivity index (χ3n) is 9.19. The summed E-state index contributed by atoms with van der Waals surface area (Å²) in [5, 5.41) is 5.87. The van der Waals surface area contributed by atoms with E-state index in [1.54, 1.807) is 30.5 Å². The molecule has 5 aromatic rings. The molecular formula is C46H49F6NO3P3RuS. The number of hydrogen-bond donors (Lipinski definition) is 0. The number of thiol groups is 1. The minimum atomic E-state index is -10.7. The van der Waals surface area contributed by atoms with Crippen LogP contribution in [0.4, 0.5) is 25.2 Å². The van der Waals surface area contributed by atoms with Gasteiger partial charge in [0.1, 0.15) is 5.75 Å². The largest absolute Gasteiger partial charge is 0.0767 e. The summed E-state index contributed by atoms with van der Waals surface area (Å²) in [5.41, 5.74) is 2.08. The summed E-state index contributed by atoms with van der Waals surface area (Å²) in [6, 6.07) is 51.3. The van der Waals surface area contributed by atoms with Gasteiger partial charge in [-0.15, -0.1) is 4.21 Å². The van der Waals surface area contributed by atoms with Crippen LogP contribution in [0.2, 0.25) is 0 Å². The number of fused-ring (bicyclic) bond motifs is 1. The number of nitrogens with zero attached hydrogens (tertiary/aromatic N) is 1. The van der Waals surface area contributed by atoms with Crippen LogP contribution in [0, 0.1) is 6.42 Å². The number of carbonyl (C=O) groups excluding carboxylic acids is 2. The third kappa shape index (κ3) is 18.3. The second-order valence-corrected chi connectivity index (χ2v) is 22.6. The normalized spacial score (nSPS) is 15.4. The zero-order chi connectivity index (χ0) is 43.8. The van der Waals surface area contributed by atoms with Crippen molar-refractivity contribution in [3.05, 3.63) is 187 Å². The molecule has 0 N–H and O–H groups in total. The van der Waals surface area contributed by atoms with E-state index in [-0.39, 0.29) is 31.3 Å². The Kier molecular flexibility index (Phi) is 19.6. The van der Waals surface area contributed by atoms with Gasteiger partial charge in [-0.05, 0) is 73.4 Å². The fourth-order valence-electron chi connectivity index (χ4n) is 6.39. The molecule has 0 saturated carbocycles. The van der Waals surface area contributed by atoms with E-state index in [9.17, 15) is 39.0 Å². The zero-order valence-electron chi connectivity index (χ0n) is 33.8. The van der Waals surface area contributed by atoms with E-state index in [1.807, 2.05) is 30.7 Å². The summed E-state index contributed by atoms with van der Waals surface area (Å²) < 4.78 is 70.1. The molecule has 0 saturated heterocycles. The van der Waals surface area contributed by atoms with Gasteiger partial charge in [-0.25, -0.2) is 0 Å². The molecule has 1 aliphatic heterocycles. The van der Waals surface area contributed by atoms with Gasteiger partial charge in [0.25, 0.3) is 11.8 Å². The maximum Gasteiger partial charge on any atom is 0.00506 e. The van der Waals surface area contributed by atoms with Crippen LogP contribution < -0.4 is 21.2 Å². The molecule has 0 spiro atoms. The maximum atomic E-state index is 12.0. The molecule has 1 radical (unpaired) electrons. The number of benzene rings is 5. The van der Waals surface area contributed by atoms with Gasteiger partial charge in [0.15, 0.2) is 0 Å². The molecule has 5 aromatic carbocycles. The Morgan fingerprint density at radius 3 is 1.08 bits per heavy atom. The first-order chi connectivity index (χ1) is 28.3. The van der Waals surface area contributed by atoms with Crippen molar-refractivity contribution in [3.8, 4) is 0 Å². The Bertz CT molecular complexity index is 2000. The molecule has 3 atom stereocenters. The van der Waals surface area contributed by atoms with E-state index in [1.165, 1.54) is 26.1 Å². The van der Waals surface area contributed by atoms with Crippen molar-refractivity contribution in [2.75, 3.05) is 18.6 Å². The molecule has 1 heterocycles. The van der Waals surface area contributed by atoms with Crippen molar-refractivity contribution >= 4 is 67.5 Å². The second-order valence-electron chi connectivity index (χ2n) is 13.9. The molecular weight excluding hydrogens is 955 g/mol. The summed E-state index contributed by atoms with van der Waals surface area (Å²) in [6.45, 7) is 5.35. The number of unbranched alkanes of at least 4 members (excludes halogenated alkanes) is 1. The van der Waals surface area contributed by atoms with Crippen molar-refractivity contribution < 1.29 is 58.5 Å². The predicted octanol–water partition coefficient (Wildman–Crippen LogP) is 12.1. The number of rotatable bonds is 12. The van der Waals surface area contributed by atoms with Crippen LogP contribution in [0.3, 0.4) is 0 Å². The van der Waals surface area contributed by atoms with E-state index in [4.69, 9.17) is 0 Å². The average Bonchev–Trinajstić information content (AvgIpc) is 3.89. The van der Waals surface area contributed by atoms with Crippen LogP contribution in [-0.4, -0.2) is 46.6 Å². The molecule has 7 rings (SSSR count). The Morgan fingerprint density at radius 2 is 0.820 bits per heavy atom. The quantitative estimate of drug-likeness (QED) is 0.0238. The molecule has 0 bridgehead atoms. The predicted molar refractivity (Wildman–Crippen MR) is 244 cm³/mol. The fraction of sp³-hybridized carbons (Fsp3) is 0.196. The fourth-order valence-corrected chi connectivity index (χ4v) is 13.2. The van der Waals surface area contributed by atoms with Crippen molar-refractivity contribution in [1.29, 1.82) is 0 Å². The molecule has 327 valence electrons. The number of amides is 2. The van der Waals surface area contributed by atoms with Crippen molar-refractivity contribution in [2.24, 2.45) is 0 Å². The molecule has 1 unspecified atom stereocenters. The van der Waals surface area contributed by atoms with E-state index < -0.39 is 34.5 Å². The first-order valence-corrected chi connectivity index (χ1v) is 25.9. The summed E-state index contributed by atoms with van der Waals surface area (Å²) in [4.78, 5) is 25.3. The number of halogens is 6. The van der Waals surface area contributed by atoms with Gasteiger partial charge in [-0.3, -0.25) is 14.5 Å². The molecule has 4 nitrogen and oxygen atoms in total. The first kappa shape index (κ1) is 51.7. The smallest absolute Gasteiger partial charge is 0.00506 e. The van der Waals surface area contributed by atoms with Crippen LogP contribution in [0.5, 0.6) is 0 Å². The van der Waals surface area contributed by atoms with Gasteiger partial charge in [0, 0.05) is 32.4 Å². The molecule has 2 amide bonds. The Balaban J connectivity index is 0.000000269. The zero-order valence-corrected chi connectivity index (χ0v) is 39.1. The molecule has 2 aliphatic rings. The molecule has 0 aromatic heterocycles.